The third kappa shape index (κ3) is 4.05. The van der Waals surface area contributed by atoms with Gasteiger partial charge in [-0.2, -0.15) is 0 Å². The van der Waals surface area contributed by atoms with Crippen LogP contribution in [0.5, 0.6) is 0 Å². The molecular weight excluding hydrogens is 347 g/mol. The van der Waals surface area contributed by atoms with Gasteiger partial charge < -0.3 is 5.11 Å². The van der Waals surface area contributed by atoms with Gasteiger partial charge in [0, 0.05) is 6.42 Å². The Hall–Kier alpha value is -2.55. The van der Waals surface area contributed by atoms with E-state index in [0.29, 0.717) is 11.6 Å². The number of carboxylic acids is 1. The van der Waals surface area contributed by atoms with E-state index in [9.17, 15) is 26.4 Å². The number of nitrogens with one attached hydrogen (secondary N) is 1. The Labute approximate surface area is 135 Å². The molecule has 2 N–H and O–H groups in total. The highest BCUT2D eigenvalue weighted by Gasteiger charge is 2.20. The Morgan fingerprint density at radius 1 is 1.00 bits per heavy atom. The van der Waals surface area contributed by atoms with Gasteiger partial charge in [-0.15, -0.1) is 0 Å². The van der Waals surface area contributed by atoms with Crippen molar-refractivity contribution in [2.75, 3.05) is 4.72 Å². The third-order valence-electron chi connectivity index (χ3n) is 3.14. The van der Waals surface area contributed by atoms with Gasteiger partial charge in [0.2, 0.25) is 0 Å². The van der Waals surface area contributed by atoms with Crippen molar-refractivity contribution in [3.63, 3.8) is 0 Å². The highest BCUT2D eigenvalue weighted by molar-refractivity contribution is 7.92. The van der Waals surface area contributed by atoms with Crippen molar-refractivity contribution in [2.24, 2.45) is 0 Å². The molecule has 0 saturated heterocycles. The number of aliphatic carboxylic acids is 1. The van der Waals surface area contributed by atoms with Gasteiger partial charge in [0.1, 0.15) is 0 Å². The van der Waals surface area contributed by atoms with E-state index in [2.05, 4.69) is 0 Å². The van der Waals surface area contributed by atoms with E-state index < -0.39 is 39.1 Å². The lowest BCUT2D eigenvalue weighted by molar-refractivity contribution is -0.136. The maximum Gasteiger partial charge on any atom is 0.303 e. The summed E-state index contributed by atoms with van der Waals surface area (Å²) in [7, 11) is -4.21. The minimum Gasteiger partial charge on any atom is -0.481 e. The van der Waals surface area contributed by atoms with Crippen LogP contribution in [0.2, 0.25) is 0 Å². The zero-order valence-corrected chi connectivity index (χ0v) is 12.9. The first-order chi connectivity index (χ1) is 11.2. The van der Waals surface area contributed by atoms with Crippen molar-refractivity contribution in [1.82, 2.24) is 0 Å². The molecule has 2 aromatic rings. The maximum atomic E-state index is 13.6. The molecule has 9 heteroatoms. The molecular formula is C15H12F3NO4S. The van der Waals surface area contributed by atoms with Crippen LogP contribution in [0.4, 0.5) is 18.9 Å². The average Bonchev–Trinajstić information content (AvgIpc) is 2.54. The van der Waals surface area contributed by atoms with Crippen LogP contribution in [0.25, 0.3) is 0 Å². The lowest BCUT2D eigenvalue weighted by Gasteiger charge is -2.10. The smallest absolute Gasteiger partial charge is 0.303 e. The fourth-order valence-corrected chi connectivity index (χ4v) is 2.95. The molecule has 0 aliphatic rings. The molecule has 0 radical (unpaired) electrons. The maximum absolute atomic E-state index is 13.6. The molecule has 24 heavy (non-hydrogen) atoms. The Morgan fingerprint density at radius 2 is 1.62 bits per heavy atom. The van der Waals surface area contributed by atoms with Gasteiger partial charge in [-0.25, -0.2) is 21.6 Å². The molecule has 0 amide bonds. The van der Waals surface area contributed by atoms with Crippen molar-refractivity contribution in [2.45, 2.75) is 17.7 Å². The van der Waals surface area contributed by atoms with Crippen LogP contribution in [0.15, 0.2) is 41.3 Å². The van der Waals surface area contributed by atoms with Crippen LogP contribution in [0.1, 0.15) is 12.0 Å². The molecule has 0 aliphatic carbocycles. The number of anilines is 1. The van der Waals surface area contributed by atoms with E-state index in [1.807, 2.05) is 4.72 Å². The molecule has 128 valence electrons. The summed E-state index contributed by atoms with van der Waals surface area (Å²) in [6, 6.07) is 6.62. The van der Waals surface area contributed by atoms with E-state index in [1.54, 1.807) is 0 Å². The van der Waals surface area contributed by atoms with Gasteiger partial charge in [-0.05, 0) is 36.2 Å². The Bertz CT molecular complexity index is 867. The summed E-state index contributed by atoms with van der Waals surface area (Å²) in [6.07, 6.45) is 0.116. The summed E-state index contributed by atoms with van der Waals surface area (Å²) in [6.45, 7) is 0. The molecule has 5 nitrogen and oxygen atoms in total. The van der Waals surface area contributed by atoms with Crippen LogP contribution in [-0.2, 0) is 21.2 Å². The normalized spacial score (nSPS) is 11.3. The van der Waals surface area contributed by atoms with E-state index in [4.69, 9.17) is 5.11 Å². The number of benzene rings is 2. The Balaban J connectivity index is 2.22. The van der Waals surface area contributed by atoms with E-state index in [-0.39, 0.29) is 17.7 Å². The molecule has 2 rings (SSSR count). The molecule has 0 spiro atoms. The minimum absolute atomic E-state index is 0.107. The molecule has 0 saturated carbocycles. The number of carbonyl (C=O) groups is 1. The standard InChI is InChI=1S/C15H12F3NO4S/c16-11-6-7-12(15(18)14(11)17)19-24(22,23)10-4-1-9(2-5-10)3-8-13(20)21/h1-2,4-7,19H,3,8H2,(H,20,21). The molecule has 0 heterocycles. The number of sulfonamides is 1. The second kappa shape index (κ2) is 6.91. The highest BCUT2D eigenvalue weighted by Crippen LogP contribution is 2.23. The summed E-state index contributed by atoms with van der Waals surface area (Å²) in [5.41, 5.74) is -0.112. The fourth-order valence-electron chi connectivity index (χ4n) is 1.89. The Kier molecular flexibility index (Phi) is 5.13. The summed E-state index contributed by atoms with van der Waals surface area (Å²) >= 11 is 0. The topological polar surface area (TPSA) is 83.5 Å². The monoisotopic (exact) mass is 359 g/mol. The molecule has 0 atom stereocenters. The zero-order chi connectivity index (χ0) is 17.9. The van der Waals surface area contributed by atoms with E-state index in [0.717, 1.165) is 6.07 Å². The molecule has 0 bridgehead atoms. The third-order valence-corrected chi connectivity index (χ3v) is 4.52. The number of hydrogen-bond donors (Lipinski definition) is 2. The predicted octanol–water partition coefficient (Wildman–Crippen LogP) is 2.92. The summed E-state index contributed by atoms with van der Waals surface area (Å²) in [5.74, 6) is -5.84. The van der Waals surface area contributed by atoms with Crippen molar-refractivity contribution < 1.29 is 31.5 Å². The second-order valence-electron chi connectivity index (χ2n) is 4.87. The molecule has 2 aromatic carbocycles. The van der Waals surface area contributed by atoms with Crippen LogP contribution in [0.3, 0.4) is 0 Å². The number of rotatable bonds is 6. The summed E-state index contributed by atoms with van der Waals surface area (Å²) in [5, 5.41) is 8.59. The number of aryl methyl sites for hydroxylation is 1. The van der Waals surface area contributed by atoms with Crippen LogP contribution in [-0.4, -0.2) is 19.5 Å². The van der Waals surface area contributed by atoms with Crippen LogP contribution in [0, 0.1) is 17.5 Å². The summed E-state index contributed by atoms with van der Waals surface area (Å²) < 4.78 is 65.7. The van der Waals surface area contributed by atoms with Crippen molar-refractivity contribution in [3.05, 3.63) is 59.4 Å². The first kappa shape index (κ1) is 17.8. The van der Waals surface area contributed by atoms with Crippen molar-refractivity contribution in [1.29, 1.82) is 0 Å². The lowest BCUT2D eigenvalue weighted by Crippen LogP contribution is -2.15. The van der Waals surface area contributed by atoms with Crippen molar-refractivity contribution >= 4 is 21.7 Å². The van der Waals surface area contributed by atoms with Crippen LogP contribution >= 0.6 is 0 Å². The lowest BCUT2D eigenvalue weighted by atomic mass is 10.1. The number of halogens is 3. The SMILES string of the molecule is O=C(O)CCc1ccc(S(=O)(=O)Nc2ccc(F)c(F)c2F)cc1. The quantitative estimate of drug-likeness (QED) is 0.777. The highest BCUT2D eigenvalue weighted by atomic mass is 32.2. The molecule has 0 aromatic heterocycles. The van der Waals surface area contributed by atoms with E-state index in [1.165, 1.54) is 24.3 Å². The van der Waals surface area contributed by atoms with Gasteiger partial charge in [0.15, 0.2) is 17.5 Å². The van der Waals surface area contributed by atoms with Gasteiger partial charge in [0.05, 0.1) is 10.6 Å². The van der Waals surface area contributed by atoms with Gasteiger partial charge in [0.25, 0.3) is 10.0 Å². The molecule has 0 aliphatic heterocycles. The minimum atomic E-state index is -4.21. The van der Waals surface area contributed by atoms with Gasteiger partial charge >= 0.3 is 5.97 Å². The zero-order valence-electron chi connectivity index (χ0n) is 12.1. The van der Waals surface area contributed by atoms with Crippen molar-refractivity contribution in [3.8, 4) is 0 Å². The number of carboxylic acid groups (broad SMARTS) is 1. The van der Waals surface area contributed by atoms with Crippen LogP contribution < -0.4 is 4.72 Å². The average molecular weight is 359 g/mol. The van der Waals surface area contributed by atoms with E-state index >= 15 is 0 Å². The van der Waals surface area contributed by atoms with Gasteiger partial charge in [-0.1, -0.05) is 12.1 Å². The van der Waals surface area contributed by atoms with Gasteiger partial charge in [-0.3, -0.25) is 9.52 Å². The Morgan fingerprint density at radius 3 is 2.21 bits per heavy atom. The fraction of sp³-hybridized carbons (Fsp3) is 0.133. The summed E-state index contributed by atoms with van der Waals surface area (Å²) in [4.78, 5) is 10.3. The first-order valence-corrected chi connectivity index (χ1v) is 8.16. The first-order valence-electron chi connectivity index (χ1n) is 6.68. The second-order valence-corrected chi connectivity index (χ2v) is 6.55. The molecule has 0 fully saturated rings. The largest absolute Gasteiger partial charge is 0.481 e. The number of hydrogen-bond acceptors (Lipinski definition) is 3. The predicted molar refractivity (Wildman–Crippen MR) is 79.5 cm³/mol. The molecule has 0 unspecified atom stereocenters.